The third-order valence-corrected chi connectivity index (χ3v) is 6.53. The Balaban J connectivity index is 1.95. The van der Waals surface area contributed by atoms with Gasteiger partial charge >= 0.3 is 12.3 Å². The fourth-order valence-electron chi connectivity index (χ4n) is 3.45. The van der Waals surface area contributed by atoms with Crippen molar-refractivity contribution in [2.75, 3.05) is 0 Å². The summed E-state index contributed by atoms with van der Waals surface area (Å²) in [7, 11) is 0. The molecule has 1 aliphatic rings. The zero-order valence-electron chi connectivity index (χ0n) is 20.6. The Bertz CT molecular complexity index is 1280. The van der Waals surface area contributed by atoms with Crippen LogP contribution in [0.15, 0.2) is 52.1 Å². The fraction of sp³-hybridized carbons (Fsp3) is 0.346. The molecule has 2 aromatic carbocycles. The van der Waals surface area contributed by atoms with Crippen LogP contribution in [0.4, 0.5) is 18.0 Å². The first kappa shape index (κ1) is 30.0. The van der Waals surface area contributed by atoms with Crippen molar-refractivity contribution in [3.63, 3.8) is 0 Å². The molecule has 1 N–H and O–H groups in total. The Hall–Kier alpha value is -2.56. The van der Waals surface area contributed by atoms with E-state index in [0.717, 1.165) is 17.0 Å². The van der Waals surface area contributed by atoms with E-state index in [1.54, 1.807) is 20.8 Å². The third kappa shape index (κ3) is 7.97. The predicted octanol–water partition coefficient (Wildman–Crippen LogP) is 8.25. The van der Waals surface area contributed by atoms with Gasteiger partial charge in [0, 0.05) is 26.0 Å². The molecule has 0 radical (unpaired) electrons. The summed E-state index contributed by atoms with van der Waals surface area (Å²) in [6.45, 7) is 4.93. The van der Waals surface area contributed by atoms with Crippen molar-refractivity contribution >= 4 is 62.4 Å². The fourth-order valence-corrected chi connectivity index (χ4v) is 4.48. The van der Waals surface area contributed by atoms with E-state index in [9.17, 15) is 28.0 Å². The first-order valence-electron chi connectivity index (χ1n) is 11.4. The molecule has 0 saturated heterocycles. The van der Waals surface area contributed by atoms with Crippen molar-refractivity contribution in [2.24, 2.45) is 11.1 Å². The molecule has 2 aromatic rings. The Kier molecular flexibility index (Phi) is 9.21. The van der Waals surface area contributed by atoms with Gasteiger partial charge in [0.25, 0.3) is 0 Å². The summed E-state index contributed by atoms with van der Waals surface area (Å²) in [5.74, 6) is -0.606. The maximum atomic E-state index is 13.9. The molecule has 0 aliphatic heterocycles. The average molecular weight is 636 g/mol. The van der Waals surface area contributed by atoms with Gasteiger partial charge in [-0.05, 0) is 75.1 Å². The van der Waals surface area contributed by atoms with Crippen LogP contribution in [0.2, 0.25) is 10.0 Å². The lowest BCUT2D eigenvalue weighted by molar-refractivity contribution is -0.132. The standard InChI is InChI=1S/C26H24BrCl2F3N2O4/c1-25(2,3)38-24(36)34(23(35)14-4-5-14)13-16-7-6-15(10-21(16)27)22(33-37)12-20(26(30,31)32)17-8-18(28)11-19(29)9-17/h6-12,14,37H,4-5,13H2,1-3H3. The van der Waals surface area contributed by atoms with Crippen LogP contribution < -0.4 is 0 Å². The highest BCUT2D eigenvalue weighted by Crippen LogP contribution is 2.37. The van der Waals surface area contributed by atoms with Crippen LogP contribution in [0.1, 0.15) is 50.3 Å². The molecule has 0 unspecified atom stereocenters. The van der Waals surface area contributed by atoms with Crippen LogP contribution in [-0.4, -0.2) is 39.6 Å². The molecule has 0 bridgehead atoms. The molecule has 38 heavy (non-hydrogen) atoms. The van der Waals surface area contributed by atoms with Gasteiger partial charge in [-0.25, -0.2) is 9.69 Å². The molecule has 2 amide bonds. The second-order valence-corrected chi connectivity index (χ2v) is 11.4. The zero-order valence-corrected chi connectivity index (χ0v) is 23.7. The number of carbonyl (C=O) groups is 2. The average Bonchev–Trinajstić information content (AvgIpc) is 3.61. The molecule has 6 nitrogen and oxygen atoms in total. The summed E-state index contributed by atoms with van der Waals surface area (Å²) in [4.78, 5) is 26.6. The highest BCUT2D eigenvalue weighted by atomic mass is 79.9. The number of benzene rings is 2. The van der Waals surface area contributed by atoms with Crippen LogP contribution in [0.25, 0.3) is 5.57 Å². The van der Waals surface area contributed by atoms with Crippen LogP contribution in [-0.2, 0) is 16.1 Å². The molecule has 1 fully saturated rings. The third-order valence-electron chi connectivity index (χ3n) is 5.35. The van der Waals surface area contributed by atoms with Crippen molar-refractivity contribution in [1.82, 2.24) is 4.90 Å². The van der Waals surface area contributed by atoms with Gasteiger partial charge in [-0.1, -0.05) is 56.4 Å². The lowest BCUT2D eigenvalue weighted by Crippen LogP contribution is -2.41. The normalized spacial score (nSPS) is 14.9. The molecule has 204 valence electrons. The number of allylic oxidation sites excluding steroid dienone is 2. The van der Waals surface area contributed by atoms with Gasteiger partial charge in [0.05, 0.1) is 12.1 Å². The van der Waals surface area contributed by atoms with E-state index in [-0.39, 0.29) is 39.5 Å². The largest absolute Gasteiger partial charge is 0.443 e. The topological polar surface area (TPSA) is 79.2 Å². The predicted molar refractivity (Wildman–Crippen MR) is 142 cm³/mol. The van der Waals surface area contributed by atoms with Gasteiger partial charge in [0.2, 0.25) is 5.91 Å². The maximum absolute atomic E-state index is 13.9. The summed E-state index contributed by atoms with van der Waals surface area (Å²) in [5, 5.41) is 12.6. The Labute approximate surface area is 236 Å². The lowest BCUT2D eigenvalue weighted by atomic mass is 10.00. The minimum absolute atomic E-state index is 0.00696. The number of halogens is 6. The van der Waals surface area contributed by atoms with Crippen molar-refractivity contribution in [2.45, 2.75) is 51.9 Å². The van der Waals surface area contributed by atoms with Crippen molar-refractivity contribution < 1.29 is 32.7 Å². The second-order valence-electron chi connectivity index (χ2n) is 9.68. The van der Waals surface area contributed by atoms with E-state index in [4.69, 9.17) is 27.9 Å². The number of alkyl halides is 3. The number of nitrogens with zero attached hydrogens (tertiary/aromatic N) is 2. The van der Waals surface area contributed by atoms with Gasteiger partial charge in [0.1, 0.15) is 11.3 Å². The molecule has 0 spiro atoms. The number of amides is 2. The first-order chi connectivity index (χ1) is 17.6. The van der Waals surface area contributed by atoms with Crippen molar-refractivity contribution in [3.8, 4) is 0 Å². The molecule has 1 aliphatic carbocycles. The number of hydrogen-bond donors (Lipinski definition) is 1. The Morgan fingerprint density at radius 1 is 1.11 bits per heavy atom. The second kappa shape index (κ2) is 11.7. The minimum atomic E-state index is -4.82. The number of imide groups is 1. The first-order valence-corrected chi connectivity index (χ1v) is 12.9. The van der Waals surface area contributed by atoms with Crippen LogP contribution in [0, 0.1) is 5.92 Å². The van der Waals surface area contributed by atoms with Gasteiger partial charge in [-0.15, -0.1) is 0 Å². The minimum Gasteiger partial charge on any atom is -0.443 e. The summed E-state index contributed by atoms with van der Waals surface area (Å²) in [6, 6.07) is 7.85. The maximum Gasteiger partial charge on any atom is 0.417 e. The number of ether oxygens (including phenoxy) is 1. The molecule has 0 heterocycles. The van der Waals surface area contributed by atoms with Crippen molar-refractivity contribution in [3.05, 3.63) is 73.7 Å². The van der Waals surface area contributed by atoms with Crippen LogP contribution in [0.5, 0.6) is 0 Å². The quantitative estimate of drug-likeness (QED) is 0.197. The van der Waals surface area contributed by atoms with Crippen LogP contribution in [0.3, 0.4) is 0 Å². The van der Waals surface area contributed by atoms with E-state index in [1.807, 2.05) is 0 Å². The van der Waals surface area contributed by atoms with E-state index in [0.29, 0.717) is 29.0 Å². The SMILES string of the molecule is CC(C)(C)OC(=O)N(Cc1ccc(C(C=C(c2cc(Cl)cc(Cl)c2)C(F)(F)F)=NO)cc1Br)C(=O)C1CC1. The monoisotopic (exact) mass is 634 g/mol. The summed E-state index contributed by atoms with van der Waals surface area (Å²) < 4.78 is 47.5. The smallest absolute Gasteiger partial charge is 0.417 e. The lowest BCUT2D eigenvalue weighted by Gasteiger charge is -2.26. The molecular formula is C26H24BrCl2F3N2O4. The molecule has 1 saturated carbocycles. The van der Waals surface area contributed by atoms with E-state index in [2.05, 4.69) is 21.1 Å². The molecule has 0 atom stereocenters. The van der Waals surface area contributed by atoms with Crippen LogP contribution >= 0.6 is 39.1 Å². The van der Waals surface area contributed by atoms with E-state index >= 15 is 0 Å². The van der Waals surface area contributed by atoms with Crippen molar-refractivity contribution in [1.29, 1.82) is 0 Å². The summed E-state index contributed by atoms with van der Waals surface area (Å²) in [5.41, 5.74) is -2.01. The molecule has 0 aromatic heterocycles. The van der Waals surface area contributed by atoms with Gasteiger partial charge in [-0.2, -0.15) is 13.2 Å². The van der Waals surface area contributed by atoms with Gasteiger partial charge in [-0.3, -0.25) is 4.79 Å². The number of oxime groups is 1. The summed E-state index contributed by atoms with van der Waals surface area (Å²) in [6.07, 6.45) is -3.58. The Morgan fingerprint density at radius 3 is 2.18 bits per heavy atom. The highest BCUT2D eigenvalue weighted by Gasteiger charge is 2.38. The molecular weight excluding hydrogens is 612 g/mol. The Morgan fingerprint density at radius 2 is 1.71 bits per heavy atom. The number of hydrogen-bond acceptors (Lipinski definition) is 5. The van der Waals surface area contributed by atoms with Gasteiger partial charge < -0.3 is 9.94 Å². The van der Waals surface area contributed by atoms with E-state index < -0.39 is 29.2 Å². The molecule has 12 heteroatoms. The summed E-state index contributed by atoms with van der Waals surface area (Å²) >= 11 is 15.1. The number of rotatable bonds is 6. The number of carbonyl (C=O) groups excluding carboxylic acids is 2. The van der Waals surface area contributed by atoms with E-state index in [1.165, 1.54) is 24.3 Å². The van der Waals surface area contributed by atoms with Gasteiger partial charge in [0.15, 0.2) is 0 Å². The zero-order chi connectivity index (χ0) is 28.4. The molecule has 3 rings (SSSR count). The highest BCUT2D eigenvalue weighted by molar-refractivity contribution is 9.10.